The van der Waals surface area contributed by atoms with Gasteiger partial charge in [0.25, 0.3) is 0 Å². The number of rotatable bonds is 6. The van der Waals surface area contributed by atoms with E-state index < -0.39 is 5.97 Å². The van der Waals surface area contributed by atoms with Gasteiger partial charge in [0.2, 0.25) is 0 Å². The Morgan fingerprint density at radius 1 is 1.11 bits per heavy atom. The minimum atomic E-state index is -0.853. The molecule has 4 aliphatic carbocycles. The lowest BCUT2D eigenvalue weighted by atomic mass is 9.43. The van der Waals surface area contributed by atoms with Gasteiger partial charge in [0.15, 0.2) is 0 Å². The normalized spacial score (nSPS) is 40.4. The lowest BCUT2D eigenvalue weighted by molar-refractivity contribution is -0.138. The Morgan fingerprint density at radius 3 is 2.39 bits per heavy atom. The molecule has 4 nitrogen and oxygen atoms in total. The summed E-state index contributed by atoms with van der Waals surface area (Å²) in [7, 11) is 0. The van der Waals surface area contributed by atoms with Gasteiger partial charge in [0.05, 0.1) is 0 Å². The van der Waals surface area contributed by atoms with Gasteiger partial charge < -0.3 is 5.11 Å². The summed E-state index contributed by atoms with van der Waals surface area (Å²) in [6.07, 6.45) is 12.7. The molecule has 0 aromatic heterocycles. The van der Waals surface area contributed by atoms with E-state index in [2.05, 4.69) is 53.7 Å². The quantitative estimate of drug-likeness (QED) is 0.392. The molecule has 2 fully saturated rings. The Morgan fingerprint density at radius 2 is 1.78 bits per heavy atom. The molecule has 4 heteroatoms. The first-order valence-corrected chi connectivity index (χ1v) is 14.0. The van der Waals surface area contributed by atoms with Crippen LogP contribution in [-0.4, -0.2) is 22.6 Å². The van der Waals surface area contributed by atoms with Crippen LogP contribution < -0.4 is 0 Å². The molecule has 4 aliphatic rings. The highest BCUT2D eigenvalue weighted by molar-refractivity contribution is 5.86. The molecule has 36 heavy (non-hydrogen) atoms. The SMILES string of the molecule is CC(=O)[C@H]1C[C@H]([C@H](C)CCC=C(C)C(=O)O)[C@@]2(C)CC=C3C(=CC[C@H]4C(C)(C)C(=O)CC[C@]34C)[C@]12C. The lowest BCUT2D eigenvalue weighted by Gasteiger charge is -2.60. The molecular formula is C32H46O4. The van der Waals surface area contributed by atoms with E-state index in [1.54, 1.807) is 13.8 Å². The second-order valence-electron chi connectivity index (χ2n) is 13.7. The Labute approximate surface area is 217 Å². The molecule has 7 atom stereocenters. The third kappa shape index (κ3) is 3.64. The standard InChI is InChI=1S/C32H46O4/c1-19(10-9-11-20(2)28(35)36)24-18-25(21(3)33)32(8)23-12-13-26-29(4,5)27(34)15-16-30(26,6)22(23)14-17-31(24,32)7/h11-12,14,19,24-26H,9-10,13,15-18H2,1-8H3,(H,35,36)/t19-,24-,25-,26+,30-,31-,32-/m1/s1. The van der Waals surface area contributed by atoms with Gasteiger partial charge in [-0.15, -0.1) is 0 Å². The first-order chi connectivity index (χ1) is 16.6. The van der Waals surface area contributed by atoms with Crippen molar-refractivity contribution in [2.75, 3.05) is 0 Å². The summed E-state index contributed by atoms with van der Waals surface area (Å²) < 4.78 is 0. The number of aliphatic carboxylic acids is 1. The molecule has 0 saturated heterocycles. The van der Waals surface area contributed by atoms with Crippen molar-refractivity contribution in [1.82, 2.24) is 0 Å². The lowest BCUT2D eigenvalue weighted by Crippen LogP contribution is -2.54. The van der Waals surface area contributed by atoms with E-state index in [0.717, 1.165) is 38.5 Å². The molecule has 198 valence electrons. The van der Waals surface area contributed by atoms with Crippen LogP contribution >= 0.6 is 0 Å². The number of hydrogen-bond donors (Lipinski definition) is 1. The monoisotopic (exact) mass is 494 g/mol. The molecule has 0 heterocycles. The van der Waals surface area contributed by atoms with E-state index in [9.17, 15) is 19.5 Å². The van der Waals surface area contributed by atoms with Gasteiger partial charge in [-0.3, -0.25) is 9.59 Å². The van der Waals surface area contributed by atoms with Crippen molar-refractivity contribution in [3.63, 3.8) is 0 Å². The van der Waals surface area contributed by atoms with Crippen LogP contribution in [0, 0.1) is 45.3 Å². The van der Waals surface area contributed by atoms with Gasteiger partial charge in [-0.2, -0.15) is 0 Å². The number of carboxylic acids is 1. The smallest absolute Gasteiger partial charge is 0.330 e. The van der Waals surface area contributed by atoms with Gasteiger partial charge in [-0.1, -0.05) is 59.8 Å². The summed E-state index contributed by atoms with van der Waals surface area (Å²) in [4.78, 5) is 37.3. The Hall–Kier alpha value is -1.97. The van der Waals surface area contributed by atoms with E-state index in [4.69, 9.17) is 0 Å². The summed E-state index contributed by atoms with van der Waals surface area (Å²) in [6, 6.07) is 0. The maximum atomic E-state index is 13.2. The topological polar surface area (TPSA) is 71.4 Å². The average molecular weight is 495 g/mol. The summed E-state index contributed by atoms with van der Waals surface area (Å²) in [5.74, 6) is 0.887. The van der Waals surface area contributed by atoms with Crippen molar-refractivity contribution < 1.29 is 19.5 Å². The summed E-state index contributed by atoms with van der Waals surface area (Å²) in [6.45, 7) is 17.2. The molecule has 1 N–H and O–H groups in total. The van der Waals surface area contributed by atoms with Gasteiger partial charge in [0, 0.05) is 28.7 Å². The molecule has 0 bridgehead atoms. The highest BCUT2D eigenvalue weighted by Gasteiger charge is 2.67. The summed E-state index contributed by atoms with van der Waals surface area (Å²) in [5, 5.41) is 9.21. The van der Waals surface area contributed by atoms with Crippen LogP contribution in [0.4, 0.5) is 0 Å². The molecule has 0 radical (unpaired) electrons. The fourth-order valence-electron chi connectivity index (χ4n) is 9.22. The Balaban J connectivity index is 1.73. The highest BCUT2D eigenvalue weighted by Crippen LogP contribution is 2.73. The summed E-state index contributed by atoms with van der Waals surface area (Å²) >= 11 is 0. The second kappa shape index (κ2) is 8.81. The zero-order valence-corrected chi connectivity index (χ0v) is 23.7. The predicted molar refractivity (Wildman–Crippen MR) is 143 cm³/mol. The van der Waals surface area contributed by atoms with Crippen LogP contribution in [0.5, 0.6) is 0 Å². The third-order valence-electron chi connectivity index (χ3n) is 11.8. The number of fused-ring (bicyclic) bond motifs is 5. The van der Waals surface area contributed by atoms with Crippen LogP contribution in [0.2, 0.25) is 0 Å². The molecule has 0 unspecified atom stereocenters. The van der Waals surface area contributed by atoms with E-state index in [1.807, 2.05) is 6.08 Å². The molecule has 0 aliphatic heterocycles. The zero-order chi connectivity index (χ0) is 26.8. The van der Waals surface area contributed by atoms with Gasteiger partial charge in [-0.25, -0.2) is 4.79 Å². The average Bonchev–Trinajstić information content (AvgIpc) is 3.04. The maximum absolute atomic E-state index is 13.2. The second-order valence-corrected chi connectivity index (χ2v) is 13.7. The number of carboxylic acid groups (broad SMARTS) is 1. The number of carbonyl (C=O) groups is 3. The van der Waals surface area contributed by atoms with Crippen molar-refractivity contribution in [3.05, 3.63) is 34.9 Å². The van der Waals surface area contributed by atoms with Crippen molar-refractivity contribution in [2.24, 2.45) is 45.3 Å². The number of hydrogen-bond acceptors (Lipinski definition) is 3. The molecular weight excluding hydrogens is 448 g/mol. The van der Waals surface area contributed by atoms with Crippen LogP contribution in [0.1, 0.15) is 100 Å². The Bertz CT molecular complexity index is 1070. The van der Waals surface area contributed by atoms with Crippen LogP contribution in [0.15, 0.2) is 34.9 Å². The van der Waals surface area contributed by atoms with Crippen LogP contribution in [-0.2, 0) is 14.4 Å². The highest BCUT2D eigenvalue weighted by atomic mass is 16.4. The third-order valence-corrected chi connectivity index (χ3v) is 11.8. The molecule has 0 amide bonds. The van der Waals surface area contributed by atoms with Crippen molar-refractivity contribution in [2.45, 2.75) is 100 Å². The predicted octanol–water partition coefficient (Wildman–Crippen LogP) is 7.34. The van der Waals surface area contributed by atoms with Crippen LogP contribution in [0.25, 0.3) is 0 Å². The number of carbonyl (C=O) groups excluding carboxylic acids is 2. The fraction of sp³-hybridized carbons (Fsp3) is 0.719. The first-order valence-electron chi connectivity index (χ1n) is 14.0. The van der Waals surface area contributed by atoms with Crippen molar-refractivity contribution >= 4 is 17.5 Å². The molecule has 4 rings (SSSR count). The van der Waals surface area contributed by atoms with Gasteiger partial charge in [-0.05, 0) is 92.1 Å². The number of Topliss-reactive ketones (excluding diaryl/α,β-unsaturated/α-hetero) is 2. The van der Waals surface area contributed by atoms with E-state index in [0.29, 0.717) is 35.5 Å². The van der Waals surface area contributed by atoms with Crippen molar-refractivity contribution in [1.29, 1.82) is 0 Å². The number of ketones is 2. The van der Waals surface area contributed by atoms with Gasteiger partial charge >= 0.3 is 5.97 Å². The molecule has 0 spiro atoms. The van der Waals surface area contributed by atoms with E-state index in [1.165, 1.54) is 11.1 Å². The molecule has 2 saturated carbocycles. The number of allylic oxidation sites excluding steroid dienone is 5. The largest absolute Gasteiger partial charge is 0.478 e. The van der Waals surface area contributed by atoms with Gasteiger partial charge in [0.1, 0.15) is 11.6 Å². The molecule has 0 aromatic rings. The zero-order valence-electron chi connectivity index (χ0n) is 23.7. The Kier molecular flexibility index (Phi) is 6.62. The van der Waals surface area contributed by atoms with E-state index in [-0.39, 0.29) is 33.4 Å². The minimum absolute atomic E-state index is 0.0143. The van der Waals surface area contributed by atoms with Crippen molar-refractivity contribution in [3.8, 4) is 0 Å². The summed E-state index contributed by atoms with van der Waals surface area (Å²) in [5.41, 5.74) is 2.58. The first kappa shape index (κ1) is 27.1. The maximum Gasteiger partial charge on any atom is 0.330 e. The minimum Gasteiger partial charge on any atom is -0.478 e. The van der Waals surface area contributed by atoms with Crippen LogP contribution in [0.3, 0.4) is 0 Å². The fourth-order valence-corrected chi connectivity index (χ4v) is 9.22. The van der Waals surface area contributed by atoms with E-state index >= 15 is 0 Å². The molecule has 0 aromatic carbocycles.